The summed E-state index contributed by atoms with van der Waals surface area (Å²) >= 11 is 0. The Kier molecular flexibility index (Phi) is 180. The van der Waals surface area contributed by atoms with Crippen molar-refractivity contribution in [3.05, 3.63) is 456 Å². The van der Waals surface area contributed by atoms with Crippen molar-refractivity contribution in [2.24, 2.45) is 0 Å². The average Bonchev–Trinajstić information content (AvgIpc) is 0.751. The Labute approximate surface area is 911 Å². The van der Waals surface area contributed by atoms with Crippen LogP contribution in [0.4, 0.5) is 0 Å². The van der Waals surface area contributed by atoms with Crippen molar-refractivity contribution in [3.8, 4) is 0 Å². The molecule has 0 aliphatic heterocycles. The minimum atomic E-state index is -5.39. The van der Waals surface area contributed by atoms with Crippen molar-refractivity contribution in [3.63, 3.8) is 0 Å². The van der Waals surface area contributed by atoms with E-state index in [1.807, 2.05) is 54.6 Å². The molecule has 0 bridgehead atoms. The maximum absolute atomic E-state index is 8.55. The number of phosphoric acid groups is 1. The van der Waals surface area contributed by atoms with E-state index in [0.717, 1.165) is 0 Å². The Balaban J connectivity index is -0.0000000384. The van der Waals surface area contributed by atoms with Crippen LogP contribution < -0.4 is 78.3 Å². The molecule has 134 heavy (non-hydrogen) atoms. The van der Waals surface area contributed by atoms with Crippen LogP contribution in [-0.2, 0) is 342 Å². The molecule has 15 rings (SSSR count). The van der Waals surface area contributed by atoms with Gasteiger partial charge >= 0.3 is 0 Å². The first kappa shape index (κ1) is 207. The first-order valence-electron chi connectivity index (χ1n) is 31.9. The Morgan fingerprint density at radius 2 is 0.194 bits per heavy atom. The van der Waals surface area contributed by atoms with Gasteiger partial charge in [-0.05, 0) is 182 Å². The minimum absolute atomic E-state index is 0. The molecule has 0 aliphatic carbocycles. The maximum Gasteiger partial charge on any atom is 0.144 e. The first-order chi connectivity index (χ1) is 48.3. The van der Waals surface area contributed by atoms with Gasteiger partial charge in [0.1, 0.15) is 85.4 Å². The molecule has 0 aliphatic rings. The van der Waals surface area contributed by atoms with Gasteiger partial charge in [0.2, 0.25) is 0 Å². The van der Waals surface area contributed by atoms with Crippen LogP contribution in [0, 0.1) is 0 Å². The molecule has 0 fully saturated rings. The van der Waals surface area contributed by atoms with Gasteiger partial charge in [-0.15, -0.1) is 0 Å². The van der Waals surface area contributed by atoms with Gasteiger partial charge in [0.25, 0.3) is 0 Å². The number of aromatic nitrogens is 3. The van der Waals surface area contributed by atoms with Crippen molar-refractivity contribution in [2.45, 2.75) is 0 Å². The van der Waals surface area contributed by atoms with Crippen LogP contribution in [0.25, 0.3) is 0 Å². The summed E-state index contributed by atoms with van der Waals surface area (Å²) in [6.45, 7) is 0. The van der Waals surface area contributed by atoms with E-state index in [4.69, 9.17) is 19.2 Å². The normalized spacial score (nSPS) is 7.78. The fourth-order valence-electron chi connectivity index (χ4n) is 11.4. The second-order valence-corrected chi connectivity index (χ2v) is 32.7. The predicted molar refractivity (Wildman–Crippen MR) is 433 cm³/mol. The third-order valence-corrected chi connectivity index (χ3v) is 28.3. The summed E-state index contributed by atoms with van der Waals surface area (Å²) in [7, 11) is -11.1. The second-order valence-electron chi connectivity index (χ2n) is 21.6. The number of hydrogen-bond donors (Lipinski definition) is 0. The number of pyridine rings is 3. The largest absolute Gasteiger partial charge is 2.00 e. The van der Waals surface area contributed by atoms with Crippen molar-refractivity contribution >= 4 is 93.3 Å². The minimum Gasteiger partial charge on any atom is -2.00 e. The SMILES string of the molecule is O=P([O-])([O-])[O-].[Mo].[Mo].[Mo].[Mo].[Mo].[Mo].[Mo].[Mo].[Mo].[O-2].[O-2].[O-2].[O-2].[O-2].[O-2].[O-2].[O-2].[O-2].[O-2].[O-2].[O-2].[O-2].[O-2].[O-2].[O-2].[O-2].[O-2].[O-2].[O-2].[O-2].[O-2].[O-2].[O-2].[O-2].[O-2].[O-2].c1ccc([P+](c2ccccc2)(c2ccccc2)c2ccccc2)cc1.c1ccc([P+](c2ccccc2)(c2ccccc2)c2ccccc2)cc1.c1ccc([P+](c2ccccc2)(c2ccccc2)c2ccccc2)cc1.c1ccncc1.c1ccncc1.c1ccncc1. The number of hydrogen-bond acceptors (Lipinski definition) is 7. The van der Waals surface area contributed by atoms with Crippen LogP contribution in [0.15, 0.2) is 456 Å². The van der Waals surface area contributed by atoms with E-state index in [9.17, 15) is 0 Å². The van der Waals surface area contributed by atoms with E-state index in [-0.39, 0.29) is 337 Å². The van der Waals surface area contributed by atoms with Crippen LogP contribution in [0.3, 0.4) is 0 Å². The molecular weight excluding hydrogens is 2570 g/mol. The second kappa shape index (κ2) is 116. The number of benzene rings is 12. The zero-order chi connectivity index (χ0) is 68.1. The van der Waals surface area contributed by atoms with Crippen LogP contribution in [-0.4, -0.2) is 15.0 Å². The quantitative estimate of drug-likeness (QED) is 0.0839. The molecule has 3 aromatic heterocycles. The summed E-state index contributed by atoms with van der Waals surface area (Å²) in [6.07, 6.45) is 10.5. The Bertz CT molecular complexity index is 3650. The number of nitrogens with zero attached hydrogens (tertiary/aromatic N) is 3. The van der Waals surface area contributed by atoms with Crippen molar-refractivity contribution < 1.29 is 357 Å². The molecule has 0 saturated heterocycles. The van der Waals surface area contributed by atoms with Gasteiger partial charge in [-0.25, -0.2) is 0 Å². The van der Waals surface area contributed by atoms with Gasteiger partial charge in [0.05, 0.1) is 0 Å². The Hall–Kier alpha value is -5.40. The Morgan fingerprint density at radius 3 is 0.239 bits per heavy atom. The number of rotatable bonds is 12. The molecule has 0 radical (unpaired) electrons. The molecule has 47 heteroatoms. The van der Waals surface area contributed by atoms with E-state index in [0.29, 0.717) is 0 Å². The third-order valence-electron chi connectivity index (χ3n) is 15.4. The van der Waals surface area contributed by atoms with Gasteiger partial charge in [0, 0.05) is 227 Å². The van der Waals surface area contributed by atoms with E-state index < -0.39 is 29.6 Å². The zero-order valence-electron chi connectivity index (χ0n) is 68.8. The van der Waals surface area contributed by atoms with Gasteiger partial charge in [-0.3, -0.25) is 15.0 Å². The molecule has 15 aromatic rings. The van der Waals surface area contributed by atoms with E-state index >= 15 is 0 Å². The molecule has 0 saturated carbocycles. The molecule has 0 N–H and O–H groups in total. The molecule has 34 nitrogen and oxygen atoms in total. The molecule has 0 atom stereocenters. The van der Waals surface area contributed by atoms with Crippen molar-refractivity contribution in [1.29, 1.82) is 0 Å². The summed E-state index contributed by atoms with van der Waals surface area (Å²) in [5.41, 5.74) is 0. The van der Waals surface area contributed by atoms with Gasteiger partial charge in [-0.1, -0.05) is 237 Å². The summed E-state index contributed by atoms with van der Waals surface area (Å²) < 4.78 is 8.55. The summed E-state index contributed by atoms with van der Waals surface area (Å²) in [5.74, 6) is 0. The molecule has 3 heterocycles. The third kappa shape index (κ3) is 61.2. The van der Waals surface area contributed by atoms with Crippen LogP contribution in [0.1, 0.15) is 0 Å². The molecule has 752 valence electrons. The monoisotopic (exact) mass is 2660 g/mol. The Morgan fingerprint density at radius 1 is 0.134 bits per heavy atom. The van der Waals surface area contributed by atoms with Crippen molar-refractivity contribution in [2.75, 3.05) is 0 Å². The summed E-state index contributed by atoms with van der Waals surface area (Å²) in [4.78, 5) is 37.0. The molecule has 12 aromatic carbocycles. The zero-order valence-corrected chi connectivity index (χ0v) is 90.4. The summed E-state index contributed by atoms with van der Waals surface area (Å²) in [5, 5.41) is 16.7. The van der Waals surface area contributed by atoms with Crippen LogP contribution in [0.5, 0.6) is 0 Å². The summed E-state index contributed by atoms with van der Waals surface area (Å²) in [6, 6.07) is 149. The molecule has 0 spiro atoms. The van der Waals surface area contributed by atoms with E-state index in [2.05, 4.69) is 379 Å². The smallest absolute Gasteiger partial charge is 0.144 e. The van der Waals surface area contributed by atoms with Gasteiger partial charge < -0.3 is 167 Å². The maximum atomic E-state index is 8.55. The van der Waals surface area contributed by atoms with Gasteiger partial charge in [0.15, 0.2) is 0 Å². The van der Waals surface area contributed by atoms with E-state index in [1.54, 1.807) is 37.2 Å². The van der Waals surface area contributed by atoms with Crippen molar-refractivity contribution in [1.82, 2.24) is 15.0 Å². The molecule has 0 unspecified atom stereocenters. The topological polar surface area (TPSA) is 894 Å². The molecular formula is C87H75Mo9N3O31P4-54. The predicted octanol–water partition coefficient (Wildman–Crippen LogP) is 10.1. The van der Waals surface area contributed by atoms with Crippen LogP contribution in [0.2, 0.25) is 0 Å². The average molecular weight is 2650 g/mol. The first-order valence-corrected chi connectivity index (χ1v) is 38.7. The van der Waals surface area contributed by atoms with Gasteiger partial charge in [-0.2, -0.15) is 7.82 Å². The molecule has 0 amide bonds. The van der Waals surface area contributed by atoms with E-state index in [1.165, 1.54) is 63.7 Å². The standard InChI is InChI=1S/3C24H20P.3C5H5N.9Mo.H3O4P.27O/c3*1-5-13-21(14-6-1)25(22-15-7-2-8-16-22,23-17-9-3-10-18-23)24-19-11-4-12-20-24;3*1-2-4-6-5-3-1;;;;;;;;;;1-5(2,3)4;;;;;;;;;;;;;;;;;;;;;;;;;;;/h3*1-20H;3*1-5H;;;;;;;;;;(H3,1,2,3,4);;;;;;;;;;;;;;;;;;;;;;;;;;;/q3*+1;;;;;;;;;;;;;;27*-2/p-3. The fraction of sp³-hybridized carbons (Fsp3) is 0. The van der Waals surface area contributed by atoms with Crippen LogP contribution >= 0.6 is 29.6 Å². The fourth-order valence-corrected chi connectivity index (χ4v) is 24.2.